The average Bonchev–Trinajstić information content (AvgIpc) is 2.83. The quantitative estimate of drug-likeness (QED) is 0.860. The maximum absolute atomic E-state index is 4.38. The molecule has 3 heteroatoms. The van der Waals surface area contributed by atoms with Crippen LogP contribution in [0.3, 0.4) is 0 Å². The number of nitrogens with one attached hydrogen (secondary N) is 1. The second kappa shape index (κ2) is 6.83. The van der Waals surface area contributed by atoms with Gasteiger partial charge in [0.2, 0.25) is 0 Å². The van der Waals surface area contributed by atoms with Crippen molar-refractivity contribution >= 4 is 11.3 Å². The summed E-state index contributed by atoms with van der Waals surface area (Å²) < 4.78 is 0. The molecule has 19 heavy (non-hydrogen) atoms. The first-order valence-corrected chi connectivity index (χ1v) is 7.77. The molecule has 1 aromatic heterocycles. The fraction of sp³-hybridized carbons (Fsp3) is 0.438. The van der Waals surface area contributed by atoms with Crippen LogP contribution in [0.4, 0.5) is 0 Å². The Kier molecular flexibility index (Phi) is 5.11. The van der Waals surface area contributed by atoms with Crippen LogP contribution in [0.25, 0.3) is 0 Å². The van der Waals surface area contributed by atoms with E-state index in [9.17, 15) is 0 Å². The van der Waals surface area contributed by atoms with Crippen molar-refractivity contribution in [1.82, 2.24) is 10.3 Å². The van der Waals surface area contributed by atoms with Gasteiger partial charge in [-0.2, -0.15) is 0 Å². The fourth-order valence-electron chi connectivity index (χ4n) is 2.18. The van der Waals surface area contributed by atoms with Gasteiger partial charge in [-0.1, -0.05) is 36.8 Å². The largest absolute Gasteiger partial charge is 0.309 e. The highest BCUT2D eigenvalue weighted by atomic mass is 32.1. The molecule has 2 rings (SSSR count). The molecule has 1 aromatic carbocycles. The predicted molar refractivity (Wildman–Crippen MR) is 82.8 cm³/mol. The van der Waals surface area contributed by atoms with E-state index in [-0.39, 0.29) is 0 Å². The van der Waals surface area contributed by atoms with E-state index < -0.39 is 0 Å². The first-order chi connectivity index (χ1) is 9.20. The fourth-order valence-corrected chi connectivity index (χ4v) is 3.06. The first kappa shape index (κ1) is 14.2. The summed E-state index contributed by atoms with van der Waals surface area (Å²) in [6.45, 7) is 7.48. The summed E-state index contributed by atoms with van der Waals surface area (Å²) in [5.74, 6) is 0. The molecule has 1 atom stereocenters. The zero-order valence-corrected chi connectivity index (χ0v) is 12.8. The highest BCUT2D eigenvalue weighted by Crippen LogP contribution is 2.25. The Morgan fingerprint density at radius 2 is 1.95 bits per heavy atom. The van der Waals surface area contributed by atoms with Gasteiger partial charge in [0, 0.05) is 10.9 Å². The SMILES string of the molecule is CCCNC(Cc1ccc(C)cc1)c1scnc1C. The van der Waals surface area contributed by atoms with Crippen LogP contribution in [0, 0.1) is 13.8 Å². The second-order valence-electron chi connectivity index (χ2n) is 5.00. The standard InChI is InChI=1S/C16H22N2S/c1-4-9-17-15(16-13(3)18-11-19-16)10-14-7-5-12(2)6-8-14/h5-8,11,15,17H,4,9-10H2,1-3H3. The van der Waals surface area contributed by atoms with E-state index in [4.69, 9.17) is 0 Å². The molecule has 0 saturated carbocycles. The minimum Gasteiger partial charge on any atom is -0.309 e. The smallest absolute Gasteiger partial charge is 0.0798 e. The van der Waals surface area contributed by atoms with Gasteiger partial charge in [0.05, 0.1) is 11.2 Å². The Bertz CT molecular complexity index is 502. The van der Waals surface area contributed by atoms with Gasteiger partial charge < -0.3 is 5.32 Å². The predicted octanol–water partition coefficient (Wildman–Crippen LogP) is 4.04. The summed E-state index contributed by atoms with van der Waals surface area (Å²) in [4.78, 5) is 5.75. The maximum atomic E-state index is 4.38. The molecule has 0 aliphatic carbocycles. The van der Waals surface area contributed by atoms with Gasteiger partial charge >= 0.3 is 0 Å². The van der Waals surface area contributed by atoms with E-state index in [1.54, 1.807) is 11.3 Å². The highest BCUT2D eigenvalue weighted by Gasteiger charge is 2.15. The van der Waals surface area contributed by atoms with Gasteiger partial charge in [0.25, 0.3) is 0 Å². The lowest BCUT2D eigenvalue weighted by atomic mass is 10.0. The number of hydrogen-bond donors (Lipinski definition) is 1. The highest BCUT2D eigenvalue weighted by molar-refractivity contribution is 7.09. The Morgan fingerprint density at radius 1 is 1.21 bits per heavy atom. The molecule has 1 N–H and O–H groups in total. The average molecular weight is 274 g/mol. The minimum absolute atomic E-state index is 0.384. The van der Waals surface area contributed by atoms with E-state index in [0.717, 1.165) is 25.1 Å². The van der Waals surface area contributed by atoms with Gasteiger partial charge in [0.15, 0.2) is 0 Å². The number of thiazole rings is 1. The second-order valence-corrected chi connectivity index (χ2v) is 5.88. The molecule has 0 bridgehead atoms. The van der Waals surface area contributed by atoms with Crippen LogP contribution >= 0.6 is 11.3 Å². The maximum Gasteiger partial charge on any atom is 0.0798 e. The van der Waals surface area contributed by atoms with Crippen molar-refractivity contribution in [3.8, 4) is 0 Å². The van der Waals surface area contributed by atoms with Crippen LogP contribution in [0.5, 0.6) is 0 Å². The van der Waals surface area contributed by atoms with E-state index in [0.29, 0.717) is 6.04 Å². The molecule has 0 saturated heterocycles. The number of rotatable bonds is 6. The van der Waals surface area contributed by atoms with Crippen LogP contribution in [-0.2, 0) is 6.42 Å². The zero-order chi connectivity index (χ0) is 13.7. The molecule has 2 nitrogen and oxygen atoms in total. The van der Waals surface area contributed by atoms with Crippen LogP contribution in [0.2, 0.25) is 0 Å². The molecule has 0 spiro atoms. The van der Waals surface area contributed by atoms with Gasteiger partial charge in [-0.15, -0.1) is 11.3 Å². The summed E-state index contributed by atoms with van der Waals surface area (Å²) in [5.41, 5.74) is 5.80. The van der Waals surface area contributed by atoms with Crippen LogP contribution in [-0.4, -0.2) is 11.5 Å². The minimum atomic E-state index is 0.384. The molecule has 1 unspecified atom stereocenters. The van der Waals surface area contributed by atoms with Crippen LogP contribution in [0.1, 0.15) is 41.1 Å². The first-order valence-electron chi connectivity index (χ1n) is 6.89. The number of benzene rings is 1. The Hall–Kier alpha value is -1.19. The van der Waals surface area contributed by atoms with Crippen molar-refractivity contribution in [3.05, 3.63) is 51.5 Å². The molecular weight excluding hydrogens is 252 g/mol. The number of nitrogens with zero attached hydrogens (tertiary/aromatic N) is 1. The molecule has 0 aliphatic rings. The molecule has 2 aromatic rings. The zero-order valence-electron chi connectivity index (χ0n) is 11.9. The lowest BCUT2D eigenvalue weighted by molar-refractivity contribution is 0.533. The molecule has 0 radical (unpaired) electrons. The summed E-state index contributed by atoms with van der Waals surface area (Å²) in [5, 5.41) is 3.65. The van der Waals surface area contributed by atoms with Crippen molar-refractivity contribution in [2.75, 3.05) is 6.54 Å². The molecule has 0 aliphatic heterocycles. The van der Waals surface area contributed by atoms with Crippen LogP contribution < -0.4 is 5.32 Å². The monoisotopic (exact) mass is 274 g/mol. The number of aromatic nitrogens is 1. The van der Waals surface area contributed by atoms with Crippen LogP contribution in [0.15, 0.2) is 29.8 Å². The van der Waals surface area contributed by atoms with Crippen molar-refractivity contribution < 1.29 is 0 Å². The summed E-state index contributed by atoms with van der Waals surface area (Å²) in [6, 6.07) is 9.21. The summed E-state index contributed by atoms with van der Waals surface area (Å²) >= 11 is 1.76. The van der Waals surface area contributed by atoms with Crippen molar-refractivity contribution in [1.29, 1.82) is 0 Å². The van der Waals surface area contributed by atoms with Gasteiger partial charge in [-0.3, -0.25) is 0 Å². The normalized spacial score (nSPS) is 12.6. The lowest BCUT2D eigenvalue weighted by Crippen LogP contribution is -2.24. The topological polar surface area (TPSA) is 24.9 Å². The van der Waals surface area contributed by atoms with E-state index in [2.05, 4.69) is 55.3 Å². The molecule has 0 fully saturated rings. The molecule has 102 valence electrons. The Morgan fingerprint density at radius 3 is 2.53 bits per heavy atom. The van der Waals surface area contributed by atoms with Gasteiger partial charge in [-0.05, 0) is 38.8 Å². The van der Waals surface area contributed by atoms with Gasteiger partial charge in [0.1, 0.15) is 0 Å². The Balaban J connectivity index is 2.14. The number of hydrogen-bond acceptors (Lipinski definition) is 3. The molecule has 0 amide bonds. The van der Waals surface area contributed by atoms with Crippen molar-refractivity contribution in [2.45, 2.75) is 39.7 Å². The third-order valence-corrected chi connectivity index (χ3v) is 4.34. The van der Waals surface area contributed by atoms with E-state index >= 15 is 0 Å². The van der Waals surface area contributed by atoms with Gasteiger partial charge in [-0.25, -0.2) is 4.98 Å². The van der Waals surface area contributed by atoms with Crippen molar-refractivity contribution in [2.24, 2.45) is 0 Å². The Labute approximate surface area is 119 Å². The molecular formula is C16H22N2S. The third-order valence-electron chi connectivity index (χ3n) is 3.30. The third kappa shape index (κ3) is 3.88. The molecule has 1 heterocycles. The summed E-state index contributed by atoms with van der Waals surface area (Å²) in [6.07, 6.45) is 2.19. The van der Waals surface area contributed by atoms with E-state index in [1.165, 1.54) is 16.0 Å². The lowest BCUT2D eigenvalue weighted by Gasteiger charge is -2.18. The number of aryl methyl sites for hydroxylation is 2. The van der Waals surface area contributed by atoms with Crippen molar-refractivity contribution in [3.63, 3.8) is 0 Å². The summed E-state index contributed by atoms with van der Waals surface area (Å²) in [7, 11) is 0. The van der Waals surface area contributed by atoms with E-state index in [1.807, 2.05) is 5.51 Å².